The maximum absolute atomic E-state index is 13.2. The molecule has 0 aliphatic carbocycles. The largest absolute Gasteiger partial charge is 0.327 e. The summed E-state index contributed by atoms with van der Waals surface area (Å²) in [5.41, 5.74) is 5.78. The molecule has 0 heterocycles. The van der Waals surface area contributed by atoms with E-state index in [9.17, 15) is 4.39 Å². The molecule has 0 fully saturated rings. The molecule has 0 aliphatic heterocycles. The molecule has 1 aromatic rings. The van der Waals surface area contributed by atoms with Gasteiger partial charge in [0.15, 0.2) is 0 Å². The smallest absolute Gasteiger partial charge is 0.137 e. The molecule has 1 aromatic carbocycles. The molecule has 0 bridgehead atoms. The molecule has 0 saturated carbocycles. The Bertz CT molecular complexity index is 306. The van der Waals surface area contributed by atoms with Crippen molar-refractivity contribution in [1.29, 1.82) is 0 Å². The normalized spacial score (nSPS) is 12.9. The van der Waals surface area contributed by atoms with Crippen LogP contribution in [0.25, 0.3) is 0 Å². The predicted molar refractivity (Wildman–Crippen MR) is 60.8 cm³/mol. The number of hydrogen-bond donors (Lipinski definition) is 1. The van der Waals surface area contributed by atoms with E-state index in [0.717, 1.165) is 10.6 Å². The van der Waals surface area contributed by atoms with Crippen molar-refractivity contribution in [3.05, 3.63) is 28.8 Å². The van der Waals surface area contributed by atoms with E-state index in [1.165, 1.54) is 0 Å². The number of alkyl halides is 1. The average molecular weight is 234 g/mol. The number of rotatable bonds is 4. The number of thioether (sulfide) groups is 1. The molecule has 1 rings (SSSR count). The van der Waals surface area contributed by atoms with Gasteiger partial charge in [-0.2, -0.15) is 0 Å². The molecule has 0 amide bonds. The summed E-state index contributed by atoms with van der Waals surface area (Å²) in [6.07, 6.45) is -1.12. The highest BCUT2D eigenvalue weighted by Crippen LogP contribution is 2.30. The predicted octanol–water partition coefficient (Wildman–Crippen LogP) is 3.42. The van der Waals surface area contributed by atoms with Gasteiger partial charge in [-0.15, -0.1) is 11.8 Å². The maximum atomic E-state index is 13.2. The van der Waals surface area contributed by atoms with Gasteiger partial charge in [0, 0.05) is 11.4 Å². The Morgan fingerprint density at radius 1 is 1.57 bits per heavy atom. The van der Waals surface area contributed by atoms with Crippen molar-refractivity contribution in [3.8, 4) is 0 Å². The van der Waals surface area contributed by atoms with Crippen LogP contribution >= 0.6 is 23.4 Å². The number of hydrogen-bond acceptors (Lipinski definition) is 2. The van der Waals surface area contributed by atoms with E-state index in [2.05, 4.69) is 0 Å². The standard InChI is InChI=1S/C10H13ClFNS/c1-2-14-10-4-3-7(5-8(10)11)9(12)6-13/h3-5,9H,2,6,13H2,1H3. The van der Waals surface area contributed by atoms with Gasteiger partial charge in [-0.05, 0) is 23.4 Å². The zero-order valence-corrected chi connectivity index (χ0v) is 9.54. The topological polar surface area (TPSA) is 26.0 Å². The summed E-state index contributed by atoms with van der Waals surface area (Å²) in [5.74, 6) is 0.953. The first-order valence-electron chi connectivity index (χ1n) is 4.45. The van der Waals surface area contributed by atoms with Crippen LogP contribution in [0.3, 0.4) is 0 Å². The second kappa shape index (κ2) is 5.59. The molecule has 0 spiro atoms. The molecule has 2 N–H and O–H groups in total. The summed E-state index contributed by atoms with van der Waals surface area (Å²) in [4.78, 5) is 0.988. The molecular weight excluding hydrogens is 221 g/mol. The SMILES string of the molecule is CCSc1ccc(C(F)CN)cc1Cl. The minimum Gasteiger partial charge on any atom is -0.327 e. The molecule has 14 heavy (non-hydrogen) atoms. The fourth-order valence-corrected chi connectivity index (χ4v) is 2.15. The van der Waals surface area contributed by atoms with Crippen molar-refractivity contribution in [2.45, 2.75) is 18.0 Å². The highest BCUT2D eigenvalue weighted by molar-refractivity contribution is 7.99. The van der Waals surface area contributed by atoms with Crippen LogP contribution in [0.1, 0.15) is 18.7 Å². The van der Waals surface area contributed by atoms with Crippen molar-refractivity contribution in [1.82, 2.24) is 0 Å². The molecule has 1 nitrogen and oxygen atoms in total. The van der Waals surface area contributed by atoms with Gasteiger partial charge in [0.2, 0.25) is 0 Å². The minimum atomic E-state index is -1.12. The van der Waals surface area contributed by atoms with Crippen LogP contribution in [-0.2, 0) is 0 Å². The van der Waals surface area contributed by atoms with Gasteiger partial charge in [-0.3, -0.25) is 0 Å². The highest BCUT2D eigenvalue weighted by Gasteiger charge is 2.09. The van der Waals surface area contributed by atoms with E-state index in [-0.39, 0.29) is 6.54 Å². The molecule has 78 valence electrons. The van der Waals surface area contributed by atoms with Crippen molar-refractivity contribution >= 4 is 23.4 Å². The van der Waals surface area contributed by atoms with Gasteiger partial charge in [0.05, 0.1) is 5.02 Å². The molecule has 4 heteroatoms. The summed E-state index contributed by atoms with van der Waals surface area (Å²) in [7, 11) is 0. The minimum absolute atomic E-state index is 0.00338. The van der Waals surface area contributed by atoms with Crippen LogP contribution in [0, 0.1) is 0 Å². The zero-order valence-electron chi connectivity index (χ0n) is 7.97. The van der Waals surface area contributed by atoms with E-state index in [1.54, 1.807) is 23.9 Å². The van der Waals surface area contributed by atoms with Gasteiger partial charge in [0.1, 0.15) is 6.17 Å². The van der Waals surface area contributed by atoms with Crippen molar-refractivity contribution in [2.24, 2.45) is 5.73 Å². The molecule has 0 aliphatic rings. The lowest BCUT2D eigenvalue weighted by atomic mass is 10.1. The summed E-state index contributed by atoms with van der Waals surface area (Å²) in [6.45, 7) is 2.04. The first kappa shape index (κ1) is 11.8. The van der Waals surface area contributed by atoms with Crippen LogP contribution in [0.2, 0.25) is 5.02 Å². The zero-order chi connectivity index (χ0) is 10.6. The third-order valence-corrected chi connectivity index (χ3v) is 3.20. The third kappa shape index (κ3) is 2.87. The van der Waals surface area contributed by atoms with Crippen molar-refractivity contribution in [3.63, 3.8) is 0 Å². The fraction of sp³-hybridized carbons (Fsp3) is 0.400. The molecule has 0 saturated heterocycles. The third-order valence-electron chi connectivity index (χ3n) is 1.82. The Morgan fingerprint density at radius 2 is 2.29 bits per heavy atom. The van der Waals surface area contributed by atoms with Crippen LogP contribution in [0.5, 0.6) is 0 Å². The summed E-state index contributed by atoms with van der Waals surface area (Å²) in [6, 6.07) is 5.23. The number of halogens is 2. The van der Waals surface area contributed by atoms with E-state index >= 15 is 0 Å². The fourth-order valence-electron chi connectivity index (χ4n) is 1.12. The van der Waals surface area contributed by atoms with Crippen LogP contribution in [-0.4, -0.2) is 12.3 Å². The van der Waals surface area contributed by atoms with Gasteiger partial charge >= 0.3 is 0 Å². The van der Waals surface area contributed by atoms with Gasteiger partial charge in [-0.1, -0.05) is 24.6 Å². The summed E-state index contributed by atoms with van der Waals surface area (Å²) < 4.78 is 13.2. The van der Waals surface area contributed by atoms with Crippen molar-refractivity contribution in [2.75, 3.05) is 12.3 Å². The number of nitrogens with two attached hydrogens (primary N) is 1. The average Bonchev–Trinajstić information content (AvgIpc) is 2.20. The molecule has 1 unspecified atom stereocenters. The Labute approximate surface area is 92.8 Å². The van der Waals surface area contributed by atoms with Gasteiger partial charge < -0.3 is 5.73 Å². The summed E-state index contributed by atoms with van der Waals surface area (Å²) in [5, 5.41) is 0.602. The quantitative estimate of drug-likeness (QED) is 0.807. The Kier molecular flexibility index (Phi) is 4.72. The van der Waals surface area contributed by atoms with E-state index in [1.807, 2.05) is 13.0 Å². The Morgan fingerprint density at radius 3 is 2.79 bits per heavy atom. The second-order valence-corrected chi connectivity index (χ2v) is 4.54. The lowest BCUT2D eigenvalue weighted by Crippen LogP contribution is -2.07. The monoisotopic (exact) mass is 233 g/mol. The molecule has 0 aromatic heterocycles. The highest BCUT2D eigenvalue weighted by atomic mass is 35.5. The molecule has 0 radical (unpaired) electrons. The summed E-state index contributed by atoms with van der Waals surface area (Å²) >= 11 is 7.63. The van der Waals surface area contributed by atoms with E-state index in [0.29, 0.717) is 10.6 Å². The van der Waals surface area contributed by atoms with Gasteiger partial charge in [0.25, 0.3) is 0 Å². The molecule has 1 atom stereocenters. The van der Waals surface area contributed by atoms with Crippen LogP contribution in [0.15, 0.2) is 23.1 Å². The van der Waals surface area contributed by atoms with Gasteiger partial charge in [-0.25, -0.2) is 4.39 Å². The van der Waals surface area contributed by atoms with E-state index in [4.69, 9.17) is 17.3 Å². The Balaban J connectivity index is 2.88. The molecular formula is C10H13ClFNS. The first-order chi connectivity index (χ1) is 6.69. The second-order valence-electron chi connectivity index (χ2n) is 2.83. The van der Waals surface area contributed by atoms with E-state index < -0.39 is 6.17 Å². The number of benzene rings is 1. The van der Waals surface area contributed by atoms with Crippen LogP contribution < -0.4 is 5.73 Å². The lowest BCUT2D eigenvalue weighted by molar-refractivity contribution is 0.353. The van der Waals surface area contributed by atoms with Crippen LogP contribution in [0.4, 0.5) is 4.39 Å². The van der Waals surface area contributed by atoms with Crippen molar-refractivity contribution < 1.29 is 4.39 Å². The Hall–Kier alpha value is -0.250. The maximum Gasteiger partial charge on any atom is 0.137 e. The lowest BCUT2D eigenvalue weighted by Gasteiger charge is -2.08. The first-order valence-corrected chi connectivity index (χ1v) is 5.81.